The van der Waals surface area contributed by atoms with Crippen molar-refractivity contribution in [3.63, 3.8) is 0 Å². The molecule has 0 aromatic carbocycles. The molecule has 0 aliphatic heterocycles. The third-order valence-electron chi connectivity index (χ3n) is 1.76. The number of hydrogen-bond donors (Lipinski definition) is 2. The van der Waals surface area contributed by atoms with Crippen LogP contribution in [0.2, 0.25) is 0 Å². The first-order chi connectivity index (χ1) is 5.81. The van der Waals surface area contributed by atoms with Gasteiger partial charge >= 0.3 is 0 Å². The standard InChI is InChI=1S/C10H20O2/c1-2-3-4-7-10(12)8-5-6-9-11/h5,8,10-12H,2-4,6-7,9H2,1H3/b8-5-. The summed E-state index contributed by atoms with van der Waals surface area (Å²) in [5.41, 5.74) is 0. The molecule has 2 N–H and O–H groups in total. The van der Waals surface area contributed by atoms with Crippen molar-refractivity contribution in [2.75, 3.05) is 6.61 Å². The lowest BCUT2D eigenvalue weighted by molar-refractivity contribution is 0.207. The molecule has 0 saturated heterocycles. The van der Waals surface area contributed by atoms with Crippen LogP contribution in [0, 0.1) is 0 Å². The van der Waals surface area contributed by atoms with Gasteiger partial charge in [-0.3, -0.25) is 0 Å². The molecule has 0 heterocycles. The lowest BCUT2D eigenvalue weighted by atomic mass is 10.1. The van der Waals surface area contributed by atoms with Crippen molar-refractivity contribution in [1.82, 2.24) is 0 Å². The van der Waals surface area contributed by atoms with E-state index in [4.69, 9.17) is 5.11 Å². The minimum absolute atomic E-state index is 0.165. The topological polar surface area (TPSA) is 40.5 Å². The molecule has 1 atom stereocenters. The summed E-state index contributed by atoms with van der Waals surface area (Å²) in [5.74, 6) is 0. The Kier molecular flexibility index (Phi) is 8.51. The molecule has 72 valence electrons. The molecule has 0 amide bonds. The third kappa shape index (κ3) is 7.76. The van der Waals surface area contributed by atoms with E-state index in [9.17, 15) is 5.11 Å². The molecular weight excluding hydrogens is 152 g/mol. The van der Waals surface area contributed by atoms with Gasteiger partial charge in [0.25, 0.3) is 0 Å². The highest BCUT2D eigenvalue weighted by molar-refractivity contribution is 4.88. The fraction of sp³-hybridized carbons (Fsp3) is 0.800. The minimum Gasteiger partial charge on any atom is -0.396 e. The quantitative estimate of drug-likeness (QED) is 0.454. The summed E-state index contributed by atoms with van der Waals surface area (Å²) in [4.78, 5) is 0. The maximum absolute atomic E-state index is 9.33. The normalized spacial score (nSPS) is 13.9. The highest BCUT2D eigenvalue weighted by Gasteiger charge is 1.96. The Morgan fingerprint density at radius 2 is 2.08 bits per heavy atom. The zero-order valence-electron chi connectivity index (χ0n) is 7.87. The second-order valence-corrected chi connectivity index (χ2v) is 3.00. The van der Waals surface area contributed by atoms with Gasteiger partial charge in [-0.1, -0.05) is 38.3 Å². The first-order valence-corrected chi connectivity index (χ1v) is 4.76. The third-order valence-corrected chi connectivity index (χ3v) is 1.76. The van der Waals surface area contributed by atoms with Gasteiger partial charge < -0.3 is 10.2 Å². The molecule has 0 aromatic heterocycles. The highest BCUT2D eigenvalue weighted by atomic mass is 16.3. The van der Waals surface area contributed by atoms with Crippen LogP contribution in [0.15, 0.2) is 12.2 Å². The molecule has 0 spiro atoms. The minimum atomic E-state index is -0.317. The van der Waals surface area contributed by atoms with Gasteiger partial charge in [0.1, 0.15) is 0 Å². The molecule has 0 aliphatic rings. The number of aliphatic hydroxyl groups excluding tert-OH is 2. The van der Waals surface area contributed by atoms with Crippen molar-refractivity contribution in [3.05, 3.63) is 12.2 Å². The largest absolute Gasteiger partial charge is 0.396 e. The van der Waals surface area contributed by atoms with E-state index < -0.39 is 0 Å². The lowest BCUT2D eigenvalue weighted by Crippen LogP contribution is -2.01. The maximum atomic E-state index is 9.33. The van der Waals surface area contributed by atoms with E-state index in [1.165, 1.54) is 12.8 Å². The molecule has 2 heteroatoms. The van der Waals surface area contributed by atoms with Crippen LogP contribution in [0.3, 0.4) is 0 Å². The van der Waals surface area contributed by atoms with Gasteiger partial charge in [0.2, 0.25) is 0 Å². The number of unbranched alkanes of at least 4 members (excludes halogenated alkanes) is 2. The fourth-order valence-corrected chi connectivity index (χ4v) is 1.03. The predicted molar refractivity (Wildman–Crippen MR) is 51.0 cm³/mol. The van der Waals surface area contributed by atoms with Crippen molar-refractivity contribution in [3.8, 4) is 0 Å². The van der Waals surface area contributed by atoms with E-state index in [0.717, 1.165) is 12.8 Å². The summed E-state index contributed by atoms with van der Waals surface area (Å²) in [5, 5.41) is 17.8. The molecule has 0 rings (SSSR count). The Bertz CT molecular complexity index is 110. The predicted octanol–water partition coefficient (Wildman–Crippen LogP) is 1.87. The lowest BCUT2D eigenvalue weighted by Gasteiger charge is -2.03. The SMILES string of the molecule is CCCCCC(O)/C=C\CCO. The number of hydrogen-bond acceptors (Lipinski definition) is 2. The van der Waals surface area contributed by atoms with Crippen LogP contribution >= 0.6 is 0 Å². The van der Waals surface area contributed by atoms with Crippen molar-refractivity contribution >= 4 is 0 Å². The zero-order valence-corrected chi connectivity index (χ0v) is 7.87. The van der Waals surface area contributed by atoms with Crippen LogP contribution in [0.1, 0.15) is 39.0 Å². The molecule has 0 saturated carbocycles. The van der Waals surface area contributed by atoms with E-state index >= 15 is 0 Å². The van der Waals surface area contributed by atoms with E-state index in [0.29, 0.717) is 6.42 Å². The molecule has 12 heavy (non-hydrogen) atoms. The average Bonchev–Trinajstić information content (AvgIpc) is 2.06. The summed E-state index contributed by atoms with van der Waals surface area (Å²) in [6.07, 6.45) is 8.23. The molecule has 0 radical (unpaired) electrons. The van der Waals surface area contributed by atoms with E-state index in [1.54, 1.807) is 6.08 Å². The van der Waals surface area contributed by atoms with Gasteiger partial charge in [0.05, 0.1) is 6.10 Å². The summed E-state index contributed by atoms with van der Waals surface area (Å²) >= 11 is 0. The summed E-state index contributed by atoms with van der Waals surface area (Å²) < 4.78 is 0. The first kappa shape index (κ1) is 11.7. The van der Waals surface area contributed by atoms with Crippen LogP contribution < -0.4 is 0 Å². The van der Waals surface area contributed by atoms with Crippen LogP contribution in [0.4, 0.5) is 0 Å². The molecule has 2 nitrogen and oxygen atoms in total. The Labute approximate surface area is 74.9 Å². The molecule has 0 aliphatic carbocycles. The second kappa shape index (κ2) is 8.75. The fourth-order valence-electron chi connectivity index (χ4n) is 1.03. The van der Waals surface area contributed by atoms with Gasteiger partial charge in [-0.25, -0.2) is 0 Å². The number of rotatable bonds is 7. The number of aliphatic hydroxyl groups is 2. The van der Waals surface area contributed by atoms with Gasteiger partial charge in [0.15, 0.2) is 0 Å². The summed E-state index contributed by atoms with van der Waals surface area (Å²) in [6, 6.07) is 0. The van der Waals surface area contributed by atoms with E-state index in [-0.39, 0.29) is 12.7 Å². The zero-order chi connectivity index (χ0) is 9.23. The molecule has 0 fully saturated rings. The molecular formula is C10H20O2. The Balaban J connectivity index is 3.26. The summed E-state index contributed by atoms with van der Waals surface area (Å²) in [6.45, 7) is 2.31. The van der Waals surface area contributed by atoms with Crippen molar-refractivity contribution < 1.29 is 10.2 Å². The van der Waals surface area contributed by atoms with Gasteiger partial charge in [-0.2, -0.15) is 0 Å². The van der Waals surface area contributed by atoms with E-state index in [2.05, 4.69) is 6.92 Å². The summed E-state index contributed by atoms with van der Waals surface area (Å²) in [7, 11) is 0. The molecule has 0 aromatic rings. The van der Waals surface area contributed by atoms with E-state index in [1.807, 2.05) is 6.08 Å². The Morgan fingerprint density at radius 3 is 2.67 bits per heavy atom. The van der Waals surface area contributed by atoms with Crippen molar-refractivity contribution in [1.29, 1.82) is 0 Å². The van der Waals surface area contributed by atoms with Crippen molar-refractivity contribution in [2.24, 2.45) is 0 Å². The van der Waals surface area contributed by atoms with Crippen LogP contribution in [-0.4, -0.2) is 22.9 Å². The average molecular weight is 172 g/mol. The van der Waals surface area contributed by atoms with Crippen LogP contribution in [0.5, 0.6) is 0 Å². The van der Waals surface area contributed by atoms with Gasteiger partial charge in [-0.15, -0.1) is 0 Å². The molecule has 0 bridgehead atoms. The van der Waals surface area contributed by atoms with Gasteiger partial charge in [-0.05, 0) is 12.8 Å². The van der Waals surface area contributed by atoms with Gasteiger partial charge in [0, 0.05) is 6.61 Å². The smallest absolute Gasteiger partial charge is 0.0720 e. The van der Waals surface area contributed by atoms with Crippen LogP contribution in [-0.2, 0) is 0 Å². The maximum Gasteiger partial charge on any atom is 0.0720 e. The molecule has 1 unspecified atom stereocenters. The van der Waals surface area contributed by atoms with Crippen molar-refractivity contribution in [2.45, 2.75) is 45.1 Å². The van der Waals surface area contributed by atoms with Crippen LogP contribution in [0.25, 0.3) is 0 Å². The Hall–Kier alpha value is -0.340. The first-order valence-electron chi connectivity index (χ1n) is 4.76. The highest BCUT2D eigenvalue weighted by Crippen LogP contribution is 2.04. The monoisotopic (exact) mass is 172 g/mol. The Morgan fingerprint density at radius 1 is 1.33 bits per heavy atom. The second-order valence-electron chi connectivity index (χ2n) is 3.00.